The van der Waals surface area contributed by atoms with Gasteiger partial charge >= 0.3 is 0 Å². The van der Waals surface area contributed by atoms with Gasteiger partial charge in [-0.2, -0.15) is 5.10 Å². The molecule has 40 heavy (non-hydrogen) atoms. The number of nitrogens with one attached hydrogen (secondary N) is 3. The molecule has 0 amide bonds. The molecule has 3 aromatic carbocycles. The fourth-order valence-corrected chi connectivity index (χ4v) is 4.96. The number of H-pyrrole nitrogens is 2. The summed E-state index contributed by atoms with van der Waals surface area (Å²) in [6, 6.07) is 26.9. The quantitative estimate of drug-likeness (QED) is 0.216. The number of hydrogen-bond acceptors (Lipinski definition) is 5. The summed E-state index contributed by atoms with van der Waals surface area (Å²) in [5.74, 6) is 0.328. The van der Waals surface area contributed by atoms with E-state index in [0.717, 1.165) is 50.8 Å². The molecule has 0 radical (unpaired) electrons. The Morgan fingerprint density at radius 1 is 0.750 bits per heavy atom. The molecule has 7 nitrogen and oxygen atoms in total. The van der Waals surface area contributed by atoms with E-state index < -0.39 is 0 Å². The van der Waals surface area contributed by atoms with E-state index in [2.05, 4.69) is 54.7 Å². The minimum atomic E-state index is -0.285. The Hall–Kier alpha value is -5.21. The van der Waals surface area contributed by atoms with Gasteiger partial charge in [-0.25, -0.2) is 14.4 Å². The van der Waals surface area contributed by atoms with E-state index in [1.807, 2.05) is 61.1 Å². The number of aromatic nitrogens is 6. The number of hydrogen-bond donors (Lipinski definition) is 3. The van der Waals surface area contributed by atoms with E-state index in [4.69, 9.17) is 4.98 Å². The number of pyridine rings is 2. The van der Waals surface area contributed by atoms with E-state index in [9.17, 15) is 4.39 Å². The molecule has 0 atom stereocenters. The Kier molecular flexibility index (Phi) is 6.07. The van der Waals surface area contributed by atoms with Gasteiger partial charge in [0.25, 0.3) is 0 Å². The Morgan fingerprint density at radius 2 is 1.60 bits per heavy atom. The predicted octanol–water partition coefficient (Wildman–Crippen LogP) is 6.66. The highest BCUT2D eigenvalue weighted by molar-refractivity contribution is 5.97. The lowest BCUT2D eigenvalue weighted by molar-refractivity contribution is 0.628. The summed E-state index contributed by atoms with van der Waals surface area (Å²) in [7, 11) is 0. The standard InChI is InChI=1S/C32H24FN7/c33-25-9-4-8-22(13-25)26-10-5-11-28-29(26)38-32(37-28)30-27-14-24(19-36-31(27)40-39-30)23-12-21(17-35-18-23)16-34-15-20-6-2-1-3-7-20/h1-14,17-19,34H,15-16H2,(H,37,38)(H,36,39,40). The van der Waals surface area contributed by atoms with Crippen molar-refractivity contribution in [3.05, 3.63) is 120 Å². The molecule has 0 aliphatic heterocycles. The highest BCUT2D eigenvalue weighted by Crippen LogP contribution is 2.32. The monoisotopic (exact) mass is 525 g/mol. The minimum absolute atomic E-state index is 0.285. The summed E-state index contributed by atoms with van der Waals surface area (Å²) >= 11 is 0. The molecule has 0 aliphatic carbocycles. The number of benzene rings is 3. The third-order valence-electron chi connectivity index (χ3n) is 6.92. The summed E-state index contributed by atoms with van der Waals surface area (Å²) in [5, 5.41) is 11.9. The number of fused-ring (bicyclic) bond motifs is 2. The third kappa shape index (κ3) is 4.61. The van der Waals surface area contributed by atoms with Crippen LogP contribution in [0, 0.1) is 5.82 Å². The highest BCUT2D eigenvalue weighted by atomic mass is 19.1. The van der Waals surface area contributed by atoms with Gasteiger partial charge in [0.05, 0.1) is 16.4 Å². The van der Waals surface area contributed by atoms with E-state index in [0.29, 0.717) is 23.7 Å². The molecule has 0 fully saturated rings. The van der Waals surface area contributed by atoms with Crippen molar-refractivity contribution in [1.82, 2.24) is 35.5 Å². The largest absolute Gasteiger partial charge is 0.337 e. The summed E-state index contributed by atoms with van der Waals surface area (Å²) in [6.45, 7) is 1.49. The van der Waals surface area contributed by atoms with Gasteiger partial charge in [0, 0.05) is 48.4 Å². The summed E-state index contributed by atoms with van der Waals surface area (Å²) in [4.78, 5) is 17.4. The lowest BCUT2D eigenvalue weighted by Crippen LogP contribution is -2.12. The van der Waals surface area contributed by atoms with Crippen LogP contribution in [0.3, 0.4) is 0 Å². The van der Waals surface area contributed by atoms with Crippen LogP contribution in [-0.2, 0) is 13.1 Å². The zero-order chi connectivity index (χ0) is 26.9. The zero-order valence-electron chi connectivity index (χ0n) is 21.4. The van der Waals surface area contributed by atoms with Crippen molar-refractivity contribution >= 4 is 22.1 Å². The van der Waals surface area contributed by atoms with Crippen LogP contribution in [0.25, 0.3) is 55.8 Å². The first-order valence-electron chi connectivity index (χ1n) is 13.0. The summed E-state index contributed by atoms with van der Waals surface area (Å²) in [6.07, 6.45) is 5.54. The fourth-order valence-electron chi connectivity index (χ4n) is 4.96. The lowest BCUT2D eigenvalue weighted by atomic mass is 10.0. The maximum atomic E-state index is 13.9. The first-order chi connectivity index (χ1) is 19.7. The topological polar surface area (TPSA) is 95.2 Å². The van der Waals surface area contributed by atoms with Crippen LogP contribution in [-0.4, -0.2) is 30.1 Å². The van der Waals surface area contributed by atoms with E-state index >= 15 is 0 Å². The number of aromatic amines is 2. The van der Waals surface area contributed by atoms with E-state index in [1.165, 1.54) is 17.7 Å². The smallest absolute Gasteiger partial charge is 0.159 e. The molecule has 7 rings (SSSR count). The Balaban J connectivity index is 1.20. The van der Waals surface area contributed by atoms with Crippen molar-refractivity contribution in [1.29, 1.82) is 0 Å². The summed E-state index contributed by atoms with van der Waals surface area (Å²) < 4.78 is 13.9. The molecule has 0 saturated heterocycles. The molecular weight excluding hydrogens is 501 g/mol. The fraction of sp³-hybridized carbons (Fsp3) is 0.0625. The van der Waals surface area contributed by atoms with Gasteiger partial charge in [0.1, 0.15) is 11.5 Å². The SMILES string of the molecule is Fc1cccc(-c2cccc3[nH]c(-c4n[nH]c5ncc(-c6cncc(CNCc7ccccc7)c6)cc45)nc23)c1. The lowest BCUT2D eigenvalue weighted by Gasteiger charge is -2.07. The second kappa shape index (κ2) is 10.2. The van der Waals surface area contributed by atoms with Gasteiger partial charge < -0.3 is 10.3 Å². The van der Waals surface area contributed by atoms with Crippen molar-refractivity contribution in [3.8, 4) is 33.8 Å². The zero-order valence-corrected chi connectivity index (χ0v) is 21.4. The molecule has 0 spiro atoms. The second-order valence-electron chi connectivity index (χ2n) is 9.66. The normalized spacial score (nSPS) is 11.4. The highest BCUT2D eigenvalue weighted by Gasteiger charge is 2.17. The van der Waals surface area contributed by atoms with E-state index in [1.54, 1.807) is 6.07 Å². The first kappa shape index (κ1) is 23.9. The summed E-state index contributed by atoms with van der Waals surface area (Å²) in [5.41, 5.74) is 8.78. The Labute approximate surface area is 229 Å². The number of halogens is 1. The van der Waals surface area contributed by atoms with Crippen molar-refractivity contribution in [2.24, 2.45) is 0 Å². The predicted molar refractivity (Wildman–Crippen MR) is 155 cm³/mol. The maximum Gasteiger partial charge on any atom is 0.159 e. The Bertz CT molecular complexity index is 1960. The van der Waals surface area contributed by atoms with Crippen molar-refractivity contribution in [2.75, 3.05) is 0 Å². The number of imidazole rings is 1. The van der Waals surface area contributed by atoms with Crippen LogP contribution in [0.4, 0.5) is 4.39 Å². The molecule has 3 N–H and O–H groups in total. The third-order valence-corrected chi connectivity index (χ3v) is 6.92. The van der Waals surface area contributed by atoms with Crippen LogP contribution in [0.2, 0.25) is 0 Å². The second-order valence-corrected chi connectivity index (χ2v) is 9.66. The van der Waals surface area contributed by atoms with Gasteiger partial charge in [0.2, 0.25) is 0 Å². The maximum absolute atomic E-state index is 13.9. The van der Waals surface area contributed by atoms with Crippen molar-refractivity contribution in [2.45, 2.75) is 13.1 Å². The molecule has 194 valence electrons. The number of para-hydroxylation sites is 1. The van der Waals surface area contributed by atoms with Crippen LogP contribution in [0.5, 0.6) is 0 Å². The number of rotatable bonds is 7. The molecule has 0 unspecified atom stereocenters. The average molecular weight is 526 g/mol. The minimum Gasteiger partial charge on any atom is -0.337 e. The van der Waals surface area contributed by atoms with Gasteiger partial charge in [-0.3, -0.25) is 10.1 Å². The molecule has 8 heteroatoms. The van der Waals surface area contributed by atoms with Crippen molar-refractivity contribution < 1.29 is 4.39 Å². The number of nitrogens with zero attached hydrogens (tertiary/aromatic N) is 4. The molecule has 0 bridgehead atoms. The van der Waals surface area contributed by atoms with Crippen LogP contribution in [0.1, 0.15) is 11.1 Å². The van der Waals surface area contributed by atoms with E-state index in [-0.39, 0.29) is 5.82 Å². The molecule has 7 aromatic rings. The Morgan fingerprint density at radius 3 is 2.50 bits per heavy atom. The first-order valence-corrected chi connectivity index (χ1v) is 13.0. The molecule has 0 saturated carbocycles. The molecule has 4 heterocycles. The van der Waals surface area contributed by atoms with Gasteiger partial charge in [-0.05, 0) is 47.0 Å². The van der Waals surface area contributed by atoms with Gasteiger partial charge in [0.15, 0.2) is 11.5 Å². The van der Waals surface area contributed by atoms with Crippen molar-refractivity contribution in [3.63, 3.8) is 0 Å². The van der Waals surface area contributed by atoms with Gasteiger partial charge in [-0.15, -0.1) is 0 Å². The molecule has 0 aliphatic rings. The van der Waals surface area contributed by atoms with Crippen LogP contribution in [0.15, 0.2) is 104 Å². The molecule has 4 aromatic heterocycles. The van der Waals surface area contributed by atoms with Crippen LogP contribution >= 0.6 is 0 Å². The average Bonchev–Trinajstić information content (AvgIpc) is 3.62. The van der Waals surface area contributed by atoms with Crippen LogP contribution < -0.4 is 5.32 Å². The molecular formula is C32H24FN7. The van der Waals surface area contributed by atoms with Gasteiger partial charge in [-0.1, -0.05) is 54.6 Å².